The minimum Gasteiger partial charge on any atom is -0.454 e. The number of fused-ring (bicyclic) bond motifs is 1. The Hall–Kier alpha value is -3.86. The van der Waals surface area contributed by atoms with Crippen LogP contribution in [0.4, 0.5) is 0 Å². The van der Waals surface area contributed by atoms with Crippen LogP contribution >= 0.6 is 0 Å². The maximum Gasteiger partial charge on any atom is 0.251 e. The van der Waals surface area contributed by atoms with Gasteiger partial charge in [-0.2, -0.15) is 0 Å². The Morgan fingerprint density at radius 2 is 1.74 bits per heavy atom. The zero-order chi connectivity index (χ0) is 26.8. The summed E-state index contributed by atoms with van der Waals surface area (Å²) in [5.41, 5.74) is 7.01. The van der Waals surface area contributed by atoms with E-state index in [2.05, 4.69) is 36.5 Å². The minimum atomic E-state index is -0.422. The third kappa shape index (κ3) is 5.36. The van der Waals surface area contributed by atoms with Gasteiger partial charge in [0.25, 0.3) is 5.91 Å². The van der Waals surface area contributed by atoms with E-state index in [-0.39, 0.29) is 18.5 Å². The average molecular weight is 522 g/mol. The van der Waals surface area contributed by atoms with Gasteiger partial charge in [0.05, 0.1) is 5.41 Å². The Morgan fingerprint density at radius 3 is 2.51 bits per heavy atom. The molecule has 0 spiro atoms. The monoisotopic (exact) mass is 521 g/mol. The molecule has 0 aromatic heterocycles. The number of ether oxygens (including phenoxy) is 2. The number of ketones is 1. The van der Waals surface area contributed by atoms with Crippen LogP contribution < -0.4 is 14.8 Å². The molecule has 1 N–H and O–H groups in total. The lowest BCUT2D eigenvalue weighted by atomic mass is 9.87. The normalized spacial score (nSPS) is 16.9. The van der Waals surface area contributed by atoms with E-state index in [1.165, 1.54) is 24.8 Å². The van der Waals surface area contributed by atoms with Gasteiger partial charge in [-0.1, -0.05) is 48.0 Å². The van der Waals surface area contributed by atoms with Crippen molar-refractivity contribution in [2.45, 2.75) is 63.7 Å². The summed E-state index contributed by atoms with van der Waals surface area (Å²) in [5.74, 6) is 1.67. The molecule has 3 aromatic rings. The molecular weight excluding hydrogens is 486 g/mol. The van der Waals surface area contributed by atoms with Gasteiger partial charge in [0.1, 0.15) is 5.78 Å². The molecule has 0 bridgehead atoms. The summed E-state index contributed by atoms with van der Waals surface area (Å²) in [4.78, 5) is 26.2. The topological polar surface area (TPSA) is 64.6 Å². The Labute approximate surface area is 230 Å². The van der Waals surface area contributed by atoms with Gasteiger partial charge in [0.15, 0.2) is 11.5 Å². The van der Waals surface area contributed by atoms with Crippen LogP contribution in [0.15, 0.2) is 72.3 Å². The van der Waals surface area contributed by atoms with E-state index in [4.69, 9.17) is 9.47 Å². The molecule has 5 heteroatoms. The third-order valence-electron chi connectivity index (χ3n) is 8.45. The Bertz CT molecular complexity index is 1430. The van der Waals surface area contributed by atoms with Crippen LogP contribution in [0.5, 0.6) is 11.5 Å². The summed E-state index contributed by atoms with van der Waals surface area (Å²) in [6.07, 6.45) is 10.3. The largest absolute Gasteiger partial charge is 0.454 e. The van der Waals surface area contributed by atoms with Gasteiger partial charge in [-0.3, -0.25) is 9.59 Å². The van der Waals surface area contributed by atoms with Crippen molar-refractivity contribution in [2.75, 3.05) is 13.3 Å². The molecule has 3 aliphatic rings. The molecule has 6 rings (SSSR count). The first kappa shape index (κ1) is 25.4. The number of allylic oxidation sites excluding steroid dienone is 1. The quantitative estimate of drug-likeness (QED) is 0.313. The number of amides is 1. The molecule has 0 atom stereocenters. The highest BCUT2D eigenvalue weighted by Gasteiger charge is 2.50. The molecular formula is C34H35NO4. The summed E-state index contributed by atoms with van der Waals surface area (Å²) in [5, 5.41) is 3.06. The summed E-state index contributed by atoms with van der Waals surface area (Å²) >= 11 is 0. The van der Waals surface area contributed by atoms with E-state index in [0.29, 0.717) is 18.5 Å². The first-order chi connectivity index (χ1) is 19.0. The number of rotatable bonds is 9. The van der Waals surface area contributed by atoms with Crippen molar-refractivity contribution in [3.05, 3.63) is 94.6 Å². The third-order valence-corrected chi connectivity index (χ3v) is 8.45. The number of nitrogens with one attached hydrogen (secondary N) is 1. The van der Waals surface area contributed by atoms with E-state index in [0.717, 1.165) is 65.0 Å². The molecule has 1 fully saturated rings. The summed E-state index contributed by atoms with van der Waals surface area (Å²) < 4.78 is 11.0. The van der Waals surface area contributed by atoms with Crippen LogP contribution in [-0.2, 0) is 16.6 Å². The fourth-order valence-corrected chi connectivity index (χ4v) is 5.86. The molecule has 1 amide bonds. The van der Waals surface area contributed by atoms with Crippen molar-refractivity contribution < 1.29 is 19.1 Å². The predicted molar refractivity (Wildman–Crippen MR) is 152 cm³/mol. The van der Waals surface area contributed by atoms with Gasteiger partial charge in [-0.15, -0.1) is 0 Å². The summed E-state index contributed by atoms with van der Waals surface area (Å²) in [6.45, 7) is 2.99. The standard InChI is InChI=1S/C34H35NO4/c1-23-7-8-25(20-32(36)34(16-17-34)28-13-14-30-31(21-28)39-22-38-30)19-29(23)26-9-11-27(12-10-26)33(37)35-18-15-24-5-3-2-4-6-24/h5,7-14,19,21H,2-4,6,15-18,20,22H2,1H3,(H,35,37). The zero-order valence-electron chi connectivity index (χ0n) is 22.6. The lowest BCUT2D eigenvalue weighted by molar-refractivity contribution is -0.120. The Morgan fingerprint density at radius 1 is 0.923 bits per heavy atom. The summed E-state index contributed by atoms with van der Waals surface area (Å²) in [7, 11) is 0. The van der Waals surface area contributed by atoms with Crippen molar-refractivity contribution in [3.63, 3.8) is 0 Å². The van der Waals surface area contributed by atoms with Gasteiger partial charge in [-0.05, 0) is 104 Å². The molecule has 39 heavy (non-hydrogen) atoms. The van der Waals surface area contributed by atoms with Gasteiger partial charge >= 0.3 is 0 Å². The van der Waals surface area contributed by atoms with Crippen LogP contribution in [0, 0.1) is 6.92 Å². The number of Topliss-reactive ketones (excluding diaryl/α,β-unsaturated/α-hetero) is 1. The molecule has 1 aliphatic heterocycles. The number of carbonyl (C=O) groups is 2. The van der Waals surface area contributed by atoms with Crippen LogP contribution in [0.25, 0.3) is 11.1 Å². The van der Waals surface area contributed by atoms with Gasteiger partial charge < -0.3 is 14.8 Å². The second-order valence-corrected chi connectivity index (χ2v) is 11.1. The van der Waals surface area contributed by atoms with Crippen molar-refractivity contribution in [3.8, 4) is 22.6 Å². The van der Waals surface area contributed by atoms with Gasteiger partial charge in [0.2, 0.25) is 6.79 Å². The van der Waals surface area contributed by atoms with E-state index in [1.807, 2.05) is 42.5 Å². The molecule has 1 heterocycles. The fraction of sp³-hybridized carbons (Fsp3) is 0.353. The van der Waals surface area contributed by atoms with E-state index >= 15 is 0 Å². The van der Waals surface area contributed by atoms with Crippen LogP contribution in [0.3, 0.4) is 0 Å². The molecule has 1 saturated carbocycles. The van der Waals surface area contributed by atoms with Crippen molar-refractivity contribution in [1.82, 2.24) is 5.32 Å². The second kappa shape index (κ2) is 10.7. The van der Waals surface area contributed by atoms with Gasteiger partial charge in [-0.25, -0.2) is 0 Å². The first-order valence-corrected chi connectivity index (χ1v) is 14.1. The number of aryl methyl sites for hydroxylation is 1. The maximum absolute atomic E-state index is 13.5. The van der Waals surface area contributed by atoms with Crippen LogP contribution in [-0.4, -0.2) is 25.0 Å². The number of benzene rings is 3. The SMILES string of the molecule is Cc1ccc(CC(=O)C2(c3ccc4c(c3)OCO4)CC2)cc1-c1ccc(C(=O)NCCC2=CCCCC2)cc1. The highest BCUT2D eigenvalue weighted by atomic mass is 16.7. The zero-order valence-corrected chi connectivity index (χ0v) is 22.6. The maximum atomic E-state index is 13.5. The van der Waals surface area contributed by atoms with Gasteiger partial charge in [0, 0.05) is 18.5 Å². The molecule has 0 unspecified atom stereocenters. The molecule has 0 radical (unpaired) electrons. The number of carbonyl (C=O) groups excluding carboxylic acids is 2. The van der Waals surface area contributed by atoms with Crippen LogP contribution in [0.1, 0.15) is 72.0 Å². The second-order valence-electron chi connectivity index (χ2n) is 11.1. The molecule has 3 aromatic carbocycles. The van der Waals surface area contributed by atoms with E-state index in [9.17, 15) is 9.59 Å². The van der Waals surface area contributed by atoms with Crippen LogP contribution in [0.2, 0.25) is 0 Å². The highest BCUT2D eigenvalue weighted by molar-refractivity contribution is 5.96. The highest BCUT2D eigenvalue weighted by Crippen LogP contribution is 2.51. The molecule has 5 nitrogen and oxygen atoms in total. The number of hydrogen-bond donors (Lipinski definition) is 1. The molecule has 200 valence electrons. The Kier molecular flexibility index (Phi) is 6.99. The molecule has 2 aliphatic carbocycles. The predicted octanol–water partition coefficient (Wildman–Crippen LogP) is 6.85. The Balaban J connectivity index is 1.11. The van der Waals surface area contributed by atoms with E-state index < -0.39 is 5.41 Å². The van der Waals surface area contributed by atoms with E-state index in [1.54, 1.807) is 0 Å². The number of hydrogen-bond acceptors (Lipinski definition) is 4. The smallest absolute Gasteiger partial charge is 0.251 e. The summed E-state index contributed by atoms with van der Waals surface area (Å²) in [6, 6.07) is 19.9. The molecule has 0 saturated heterocycles. The average Bonchev–Trinajstić information content (AvgIpc) is 3.65. The van der Waals surface area contributed by atoms with Crippen molar-refractivity contribution >= 4 is 11.7 Å². The minimum absolute atomic E-state index is 0.0349. The lowest BCUT2D eigenvalue weighted by Gasteiger charge is -2.16. The fourth-order valence-electron chi connectivity index (χ4n) is 5.86. The first-order valence-electron chi connectivity index (χ1n) is 14.1. The van der Waals surface area contributed by atoms with Crippen molar-refractivity contribution in [2.24, 2.45) is 0 Å². The lowest BCUT2D eigenvalue weighted by Crippen LogP contribution is -2.24. The van der Waals surface area contributed by atoms with Crippen molar-refractivity contribution in [1.29, 1.82) is 0 Å².